The summed E-state index contributed by atoms with van der Waals surface area (Å²) in [4.78, 5) is 0. The summed E-state index contributed by atoms with van der Waals surface area (Å²) in [6, 6.07) is 8.83. The molecule has 0 spiro atoms. The Labute approximate surface area is 129 Å². The lowest BCUT2D eigenvalue weighted by Crippen LogP contribution is -2.50. The predicted molar refractivity (Wildman–Crippen MR) is 87.0 cm³/mol. The van der Waals surface area contributed by atoms with Crippen molar-refractivity contribution in [1.29, 1.82) is 0 Å². The number of aryl methyl sites for hydroxylation is 1. The van der Waals surface area contributed by atoms with Gasteiger partial charge in [-0.15, -0.1) is 0 Å². The zero-order valence-corrected chi connectivity index (χ0v) is 13.7. The van der Waals surface area contributed by atoms with Gasteiger partial charge in [0.05, 0.1) is 12.7 Å². The van der Waals surface area contributed by atoms with Crippen molar-refractivity contribution >= 4 is 0 Å². The number of benzene rings is 1. The number of hydrogen-bond acceptors (Lipinski definition) is 3. The molecule has 2 rings (SSSR count). The Bertz CT molecular complexity index is 410. The zero-order chi connectivity index (χ0) is 15.1. The monoisotopic (exact) mass is 291 g/mol. The molecule has 1 fully saturated rings. The molecule has 0 radical (unpaired) electrons. The summed E-state index contributed by atoms with van der Waals surface area (Å²) in [6.45, 7) is 2.91. The molecule has 1 aromatic carbocycles. The van der Waals surface area contributed by atoms with Crippen molar-refractivity contribution in [1.82, 2.24) is 5.32 Å². The Kier molecular flexibility index (Phi) is 6.07. The van der Waals surface area contributed by atoms with Gasteiger partial charge in [-0.2, -0.15) is 0 Å². The lowest BCUT2D eigenvalue weighted by molar-refractivity contribution is -0.0615. The van der Waals surface area contributed by atoms with Gasteiger partial charge < -0.3 is 14.8 Å². The van der Waals surface area contributed by atoms with E-state index in [9.17, 15) is 0 Å². The molecule has 1 saturated carbocycles. The average molecular weight is 291 g/mol. The third kappa shape index (κ3) is 3.98. The van der Waals surface area contributed by atoms with Gasteiger partial charge in [-0.05, 0) is 57.4 Å². The number of hydrogen-bond donors (Lipinski definition) is 1. The molecular weight excluding hydrogens is 262 g/mol. The molecule has 1 atom stereocenters. The second-order valence-corrected chi connectivity index (χ2v) is 5.93. The number of rotatable bonds is 8. The minimum Gasteiger partial charge on any atom is -0.497 e. The standard InChI is InChI=1S/C18H29NO2/c1-4-21-18(13-5-6-14-18)17(19-2)12-9-15-7-10-16(20-3)11-8-15/h7-8,10-11,17,19H,4-6,9,12-14H2,1-3H3. The van der Waals surface area contributed by atoms with Gasteiger partial charge in [0, 0.05) is 12.6 Å². The summed E-state index contributed by atoms with van der Waals surface area (Å²) in [6.07, 6.45) is 7.15. The minimum atomic E-state index is 0.0516. The maximum Gasteiger partial charge on any atom is 0.118 e. The van der Waals surface area contributed by atoms with Crippen LogP contribution in [0.1, 0.15) is 44.6 Å². The van der Waals surface area contributed by atoms with Crippen LogP contribution in [0.2, 0.25) is 0 Å². The first-order chi connectivity index (χ1) is 10.2. The van der Waals surface area contributed by atoms with Crippen molar-refractivity contribution in [2.75, 3.05) is 20.8 Å². The highest BCUT2D eigenvalue weighted by atomic mass is 16.5. The molecule has 0 amide bonds. The van der Waals surface area contributed by atoms with Gasteiger partial charge in [0.25, 0.3) is 0 Å². The Balaban J connectivity index is 1.97. The van der Waals surface area contributed by atoms with Crippen LogP contribution in [0, 0.1) is 0 Å². The molecule has 1 unspecified atom stereocenters. The van der Waals surface area contributed by atoms with Gasteiger partial charge in [0.2, 0.25) is 0 Å². The van der Waals surface area contributed by atoms with E-state index in [1.54, 1.807) is 7.11 Å². The molecule has 0 bridgehead atoms. The van der Waals surface area contributed by atoms with E-state index >= 15 is 0 Å². The van der Waals surface area contributed by atoms with Crippen LogP contribution < -0.4 is 10.1 Å². The first-order valence-electron chi connectivity index (χ1n) is 8.18. The van der Waals surface area contributed by atoms with E-state index in [0.717, 1.165) is 25.2 Å². The normalized spacial score (nSPS) is 18.6. The van der Waals surface area contributed by atoms with E-state index in [2.05, 4.69) is 31.4 Å². The molecule has 1 aliphatic carbocycles. The van der Waals surface area contributed by atoms with Gasteiger partial charge in [0.15, 0.2) is 0 Å². The highest BCUT2D eigenvalue weighted by Gasteiger charge is 2.41. The third-order valence-corrected chi connectivity index (χ3v) is 4.75. The molecule has 1 aliphatic rings. The van der Waals surface area contributed by atoms with Crippen molar-refractivity contribution in [2.24, 2.45) is 0 Å². The average Bonchev–Trinajstić information content (AvgIpc) is 2.98. The maximum atomic E-state index is 6.19. The fourth-order valence-electron chi connectivity index (χ4n) is 3.63. The highest BCUT2D eigenvalue weighted by Crippen LogP contribution is 2.37. The predicted octanol–water partition coefficient (Wildman–Crippen LogP) is 3.57. The van der Waals surface area contributed by atoms with Crippen LogP contribution in [0.4, 0.5) is 0 Å². The number of ether oxygens (including phenoxy) is 2. The maximum absolute atomic E-state index is 6.19. The smallest absolute Gasteiger partial charge is 0.118 e. The zero-order valence-electron chi connectivity index (χ0n) is 13.7. The number of likely N-dealkylation sites (N-methyl/N-ethyl adjacent to an activating group) is 1. The Morgan fingerprint density at radius 1 is 1.19 bits per heavy atom. The van der Waals surface area contributed by atoms with Crippen LogP contribution in [-0.4, -0.2) is 32.4 Å². The largest absolute Gasteiger partial charge is 0.497 e. The molecule has 0 aliphatic heterocycles. The molecule has 21 heavy (non-hydrogen) atoms. The van der Waals surface area contributed by atoms with Gasteiger partial charge in [-0.25, -0.2) is 0 Å². The van der Waals surface area contributed by atoms with Crippen molar-refractivity contribution < 1.29 is 9.47 Å². The summed E-state index contributed by atoms with van der Waals surface area (Å²) >= 11 is 0. The van der Waals surface area contributed by atoms with E-state index in [1.807, 2.05) is 12.1 Å². The Morgan fingerprint density at radius 2 is 1.86 bits per heavy atom. The molecule has 1 aromatic rings. The van der Waals surface area contributed by atoms with Crippen LogP contribution >= 0.6 is 0 Å². The Hall–Kier alpha value is -1.06. The van der Waals surface area contributed by atoms with E-state index in [1.165, 1.54) is 31.2 Å². The molecular formula is C18H29NO2. The van der Waals surface area contributed by atoms with E-state index < -0.39 is 0 Å². The number of methoxy groups -OCH3 is 1. The summed E-state index contributed by atoms with van der Waals surface area (Å²) in [7, 11) is 3.77. The third-order valence-electron chi connectivity index (χ3n) is 4.75. The van der Waals surface area contributed by atoms with Gasteiger partial charge in [0.1, 0.15) is 5.75 Å². The molecule has 1 N–H and O–H groups in total. The molecule has 118 valence electrons. The van der Waals surface area contributed by atoms with Crippen LogP contribution in [0.25, 0.3) is 0 Å². The van der Waals surface area contributed by atoms with Crippen molar-refractivity contribution in [3.05, 3.63) is 29.8 Å². The summed E-state index contributed by atoms with van der Waals surface area (Å²) in [5.74, 6) is 0.922. The molecule has 3 heteroatoms. The van der Waals surface area contributed by atoms with Crippen LogP contribution in [0.15, 0.2) is 24.3 Å². The Morgan fingerprint density at radius 3 is 2.38 bits per heavy atom. The van der Waals surface area contributed by atoms with Crippen LogP contribution in [-0.2, 0) is 11.2 Å². The van der Waals surface area contributed by atoms with Gasteiger partial charge >= 0.3 is 0 Å². The van der Waals surface area contributed by atoms with Gasteiger partial charge in [-0.1, -0.05) is 25.0 Å². The van der Waals surface area contributed by atoms with Crippen LogP contribution in [0.5, 0.6) is 5.75 Å². The lowest BCUT2D eigenvalue weighted by atomic mass is 9.87. The molecule has 0 aromatic heterocycles. The lowest BCUT2D eigenvalue weighted by Gasteiger charge is -2.37. The highest BCUT2D eigenvalue weighted by molar-refractivity contribution is 5.27. The van der Waals surface area contributed by atoms with E-state index in [-0.39, 0.29) is 5.60 Å². The summed E-state index contributed by atoms with van der Waals surface area (Å²) < 4.78 is 11.4. The van der Waals surface area contributed by atoms with Gasteiger partial charge in [-0.3, -0.25) is 0 Å². The van der Waals surface area contributed by atoms with Crippen LogP contribution in [0.3, 0.4) is 0 Å². The fraction of sp³-hybridized carbons (Fsp3) is 0.667. The first kappa shape index (κ1) is 16.3. The van der Waals surface area contributed by atoms with E-state index in [4.69, 9.17) is 9.47 Å². The van der Waals surface area contributed by atoms with Crippen molar-refractivity contribution in [2.45, 2.75) is 57.1 Å². The fourth-order valence-corrected chi connectivity index (χ4v) is 3.63. The SMILES string of the molecule is CCOC1(C(CCc2ccc(OC)cc2)NC)CCCC1. The quantitative estimate of drug-likeness (QED) is 0.794. The van der Waals surface area contributed by atoms with E-state index in [0.29, 0.717) is 6.04 Å². The second kappa shape index (κ2) is 7.81. The topological polar surface area (TPSA) is 30.5 Å². The molecule has 0 saturated heterocycles. The second-order valence-electron chi connectivity index (χ2n) is 5.93. The minimum absolute atomic E-state index is 0.0516. The molecule has 3 nitrogen and oxygen atoms in total. The summed E-state index contributed by atoms with van der Waals surface area (Å²) in [5.41, 5.74) is 1.41. The van der Waals surface area contributed by atoms with Crippen molar-refractivity contribution in [3.63, 3.8) is 0 Å². The summed E-state index contributed by atoms with van der Waals surface area (Å²) in [5, 5.41) is 3.51. The first-order valence-corrected chi connectivity index (χ1v) is 8.18. The molecule has 0 heterocycles. The number of nitrogens with one attached hydrogen (secondary N) is 1. The van der Waals surface area contributed by atoms with Crippen molar-refractivity contribution in [3.8, 4) is 5.75 Å².